The molecule has 144 valence electrons. The smallest absolute Gasteiger partial charge is 0.260 e. The number of carbonyl (C=O) groups excluding carboxylic acids is 1. The molecule has 0 saturated heterocycles. The number of hydrogen-bond acceptors (Lipinski definition) is 5. The number of aromatic nitrogens is 2. The Morgan fingerprint density at radius 1 is 1.11 bits per heavy atom. The van der Waals surface area contributed by atoms with Gasteiger partial charge in [-0.1, -0.05) is 36.7 Å². The molecule has 1 N–H and O–H groups in total. The second-order valence-electron chi connectivity index (χ2n) is 5.79. The third kappa shape index (κ3) is 4.18. The molecule has 3 aromatic rings. The van der Waals surface area contributed by atoms with E-state index in [0.717, 1.165) is 6.07 Å². The van der Waals surface area contributed by atoms with Crippen molar-refractivity contribution in [3.63, 3.8) is 0 Å². The molecule has 6 nitrogen and oxygen atoms in total. The van der Waals surface area contributed by atoms with Gasteiger partial charge < -0.3 is 5.32 Å². The van der Waals surface area contributed by atoms with Crippen LogP contribution >= 0.6 is 11.6 Å². The third-order valence-electron chi connectivity index (χ3n) is 3.94. The van der Waals surface area contributed by atoms with Gasteiger partial charge in [-0.25, -0.2) is 12.8 Å². The van der Waals surface area contributed by atoms with Gasteiger partial charge in [-0.15, -0.1) is 10.2 Å². The zero-order chi connectivity index (χ0) is 20.3. The summed E-state index contributed by atoms with van der Waals surface area (Å²) in [5, 5.41) is 10.2. The Kier molecular flexibility index (Phi) is 5.71. The van der Waals surface area contributed by atoms with Crippen molar-refractivity contribution in [1.82, 2.24) is 10.2 Å². The lowest BCUT2D eigenvalue weighted by molar-refractivity contribution is 0.102. The van der Waals surface area contributed by atoms with Crippen molar-refractivity contribution < 1.29 is 17.6 Å². The first kappa shape index (κ1) is 19.9. The molecular formula is C19H15ClFN3O3S. The number of nitrogens with one attached hydrogen (secondary N) is 1. The molecule has 0 unspecified atom stereocenters. The summed E-state index contributed by atoms with van der Waals surface area (Å²) in [4.78, 5) is 12.4. The highest BCUT2D eigenvalue weighted by Crippen LogP contribution is 2.24. The molecule has 0 bridgehead atoms. The number of anilines is 1. The van der Waals surface area contributed by atoms with Gasteiger partial charge in [-0.05, 0) is 36.4 Å². The average Bonchev–Trinajstić information content (AvgIpc) is 2.68. The fourth-order valence-corrected chi connectivity index (χ4v) is 3.44. The van der Waals surface area contributed by atoms with E-state index in [4.69, 9.17) is 11.6 Å². The van der Waals surface area contributed by atoms with E-state index in [-0.39, 0.29) is 21.4 Å². The SMILES string of the molecule is CCS(=O)(=O)c1ccc(-c2cccc(NC(=O)c3c(F)cccc3Cl)c2)nn1. The molecule has 1 heterocycles. The Morgan fingerprint density at radius 3 is 2.50 bits per heavy atom. The standard InChI is InChI=1S/C19H15ClFN3O3S/c1-2-28(26,27)17-10-9-16(23-24-17)12-5-3-6-13(11-12)22-19(25)18-14(20)7-4-8-15(18)21/h3-11H,2H2,1H3,(H,22,25). The van der Waals surface area contributed by atoms with Crippen molar-refractivity contribution >= 4 is 33.0 Å². The molecule has 0 aliphatic heterocycles. The minimum absolute atomic E-state index is 0.00671. The molecule has 1 aromatic heterocycles. The minimum Gasteiger partial charge on any atom is -0.322 e. The van der Waals surface area contributed by atoms with Crippen LogP contribution in [-0.2, 0) is 9.84 Å². The second-order valence-corrected chi connectivity index (χ2v) is 8.42. The normalized spacial score (nSPS) is 11.2. The molecule has 0 aliphatic carbocycles. The van der Waals surface area contributed by atoms with Crippen LogP contribution in [0.25, 0.3) is 11.3 Å². The predicted octanol–water partition coefficient (Wildman–Crippen LogP) is 3.98. The number of rotatable bonds is 5. The first-order valence-corrected chi connectivity index (χ1v) is 10.3. The zero-order valence-electron chi connectivity index (χ0n) is 14.7. The van der Waals surface area contributed by atoms with Gasteiger partial charge in [0.2, 0.25) is 0 Å². The van der Waals surface area contributed by atoms with Gasteiger partial charge in [0.15, 0.2) is 14.9 Å². The Morgan fingerprint density at radius 2 is 1.86 bits per heavy atom. The summed E-state index contributed by atoms with van der Waals surface area (Å²) in [7, 11) is -3.44. The monoisotopic (exact) mass is 419 g/mol. The van der Waals surface area contributed by atoms with Gasteiger partial charge >= 0.3 is 0 Å². The average molecular weight is 420 g/mol. The Labute approximate surface area is 166 Å². The maximum atomic E-state index is 13.9. The van der Waals surface area contributed by atoms with Gasteiger partial charge in [0.1, 0.15) is 5.82 Å². The fourth-order valence-electron chi connectivity index (χ4n) is 2.45. The lowest BCUT2D eigenvalue weighted by atomic mass is 10.1. The van der Waals surface area contributed by atoms with Crippen molar-refractivity contribution in [1.29, 1.82) is 0 Å². The molecule has 3 rings (SSSR count). The van der Waals surface area contributed by atoms with Crippen LogP contribution in [-0.4, -0.2) is 30.3 Å². The van der Waals surface area contributed by atoms with Gasteiger partial charge in [0.25, 0.3) is 5.91 Å². The summed E-state index contributed by atoms with van der Waals surface area (Å²) >= 11 is 5.91. The van der Waals surface area contributed by atoms with Crippen molar-refractivity contribution in [3.05, 3.63) is 71.0 Å². The predicted molar refractivity (Wildman–Crippen MR) is 105 cm³/mol. The molecular weight excluding hydrogens is 405 g/mol. The number of amides is 1. The van der Waals surface area contributed by atoms with Crippen molar-refractivity contribution in [2.24, 2.45) is 0 Å². The Balaban J connectivity index is 1.86. The summed E-state index contributed by atoms with van der Waals surface area (Å²) in [5.74, 6) is -1.48. The van der Waals surface area contributed by atoms with E-state index in [2.05, 4.69) is 15.5 Å². The lowest BCUT2D eigenvalue weighted by Gasteiger charge is -2.09. The largest absolute Gasteiger partial charge is 0.322 e. The zero-order valence-corrected chi connectivity index (χ0v) is 16.3. The van der Waals surface area contributed by atoms with E-state index < -0.39 is 21.6 Å². The van der Waals surface area contributed by atoms with Crippen LogP contribution in [0.5, 0.6) is 0 Å². The molecule has 9 heteroatoms. The molecule has 2 aromatic carbocycles. The topological polar surface area (TPSA) is 89.0 Å². The van der Waals surface area contributed by atoms with Crippen LogP contribution in [0.1, 0.15) is 17.3 Å². The minimum atomic E-state index is -3.44. The number of benzene rings is 2. The maximum absolute atomic E-state index is 13.9. The molecule has 0 atom stereocenters. The number of sulfone groups is 1. The highest BCUT2D eigenvalue weighted by Gasteiger charge is 2.17. The summed E-state index contributed by atoms with van der Waals surface area (Å²) in [6.07, 6.45) is 0. The molecule has 0 aliphatic rings. The first-order chi connectivity index (χ1) is 13.3. The summed E-state index contributed by atoms with van der Waals surface area (Å²) in [5.41, 5.74) is 1.18. The van der Waals surface area contributed by atoms with E-state index in [9.17, 15) is 17.6 Å². The summed E-state index contributed by atoms with van der Waals surface area (Å²) in [6, 6.07) is 13.5. The molecule has 0 spiro atoms. The first-order valence-electron chi connectivity index (χ1n) is 8.24. The number of nitrogens with zero attached hydrogens (tertiary/aromatic N) is 2. The molecule has 0 saturated carbocycles. The van der Waals surface area contributed by atoms with Crippen LogP contribution in [0.3, 0.4) is 0 Å². The van der Waals surface area contributed by atoms with Crippen LogP contribution in [0.2, 0.25) is 5.02 Å². The highest BCUT2D eigenvalue weighted by molar-refractivity contribution is 7.91. The van der Waals surface area contributed by atoms with Crippen LogP contribution < -0.4 is 5.32 Å². The molecule has 1 amide bonds. The van der Waals surface area contributed by atoms with E-state index in [1.54, 1.807) is 24.3 Å². The van der Waals surface area contributed by atoms with Crippen molar-refractivity contribution in [2.45, 2.75) is 11.9 Å². The van der Waals surface area contributed by atoms with Crippen LogP contribution in [0.4, 0.5) is 10.1 Å². The quantitative estimate of drug-likeness (QED) is 0.675. The summed E-state index contributed by atoms with van der Waals surface area (Å²) < 4.78 is 37.5. The number of carbonyl (C=O) groups is 1. The van der Waals surface area contributed by atoms with E-state index in [1.807, 2.05) is 0 Å². The van der Waals surface area contributed by atoms with Gasteiger partial charge in [0.05, 0.1) is 22.0 Å². The third-order valence-corrected chi connectivity index (χ3v) is 5.87. The van der Waals surface area contributed by atoms with E-state index in [1.165, 1.54) is 31.2 Å². The van der Waals surface area contributed by atoms with E-state index in [0.29, 0.717) is 16.9 Å². The van der Waals surface area contributed by atoms with Gasteiger partial charge in [-0.3, -0.25) is 4.79 Å². The van der Waals surface area contributed by atoms with Crippen LogP contribution in [0.15, 0.2) is 59.6 Å². The Hall–Kier alpha value is -2.84. The number of hydrogen-bond donors (Lipinski definition) is 1. The molecule has 0 fully saturated rings. The van der Waals surface area contributed by atoms with Gasteiger partial charge in [0, 0.05) is 11.3 Å². The molecule has 28 heavy (non-hydrogen) atoms. The fraction of sp³-hybridized carbons (Fsp3) is 0.105. The van der Waals surface area contributed by atoms with Gasteiger partial charge in [-0.2, -0.15) is 0 Å². The van der Waals surface area contributed by atoms with Crippen molar-refractivity contribution in [3.8, 4) is 11.3 Å². The lowest BCUT2D eigenvalue weighted by Crippen LogP contribution is -2.14. The van der Waals surface area contributed by atoms with E-state index >= 15 is 0 Å². The highest BCUT2D eigenvalue weighted by atomic mass is 35.5. The summed E-state index contributed by atoms with van der Waals surface area (Å²) in [6.45, 7) is 1.53. The maximum Gasteiger partial charge on any atom is 0.260 e. The molecule has 0 radical (unpaired) electrons. The van der Waals surface area contributed by atoms with Crippen LogP contribution in [0, 0.1) is 5.82 Å². The Bertz CT molecular complexity index is 1120. The van der Waals surface area contributed by atoms with Crippen molar-refractivity contribution in [2.75, 3.05) is 11.1 Å². The number of halogens is 2. The second kappa shape index (κ2) is 8.04.